The van der Waals surface area contributed by atoms with E-state index in [1.807, 2.05) is 12.1 Å². The quantitative estimate of drug-likeness (QED) is 0.795. The van der Waals surface area contributed by atoms with Gasteiger partial charge in [0, 0.05) is 13.1 Å². The molecular weight excluding hydrogens is 300 g/mol. The number of nitrogens with one attached hydrogen (secondary N) is 1. The Morgan fingerprint density at radius 1 is 1.23 bits per heavy atom. The van der Waals surface area contributed by atoms with E-state index in [4.69, 9.17) is 21.1 Å². The lowest BCUT2D eigenvalue weighted by Crippen LogP contribution is -2.31. The third-order valence-electron chi connectivity index (χ3n) is 4.14. The first-order valence-corrected chi connectivity index (χ1v) is 8.36. The minimum Gasteiger partial charge on any atom is -0.493 e. The number of rotatable bonds is 8. The van der Waals surface area contributed by atoms with Gasteiger partial charge in [-0.3, -0.25) is 0 Å². The second-order valence-electron chi connectivity index (χ2n) is 6.02. The van der Waals surface area contributed by atoms with E-state index in [1.165, 1.54) is 32.5 Å². The molecule has 2 rings (SSSR count). The van der Waals surface area contributed by atoms with Gasteiger partial charge >= 0.3 is 0 Å². The van der Waals surface area contributed by atoms with Crippen LogP contribution in [0.4, 0.5) is 0 Å². The Hall–Kier alpha value is -0.970. The Morgan fingerprint density at radius 3 is 2.59 bits per heavy atom. The van der Waals surface area contributed by atoms with Crippen LogP contribution in [0, 0.1) is 5.92 Å². The van der Waals surface area contributed by atoms with E-state index in [9.17, 15) is 0 Å². The van der Waals surface area contributed by atoms with Crippen molar-refractivity contribution in [1.29, 1.82) is 0 Å². The molecule has 22 heavy (non-hydrogen) atoms. The number of methoxy groups -OCH3 is 2. The zero-order valence-corrected chi connectivity index (χ0v) is 14.6. The van der Waals surface area contributed by atoms with Crippen molar-refractivity contribution in [2.45, 2.75) is 26.3 Å². The van der Waals surface area contributed by atoms with Gasteiger partial charge in [-0.2, -0.15) is 0 Å². The lowest BCUT2D eigenvalue weighted by molar-refractivity contribution is 0.282. The molecule has 1 aliphatic heterocycles. The summed E-state index contributed by atoms with van der Waals surface area (Å²) in [5, 5.41) is 4.12. The van der Waals surface area contributed by atoms with E-state index in [2.05, 4.69) is 17.1 Å². The second kappa shape index (κ2) is 8.61. The molecule has 1 aliphatic rings. The van der Waals surface area contributed by atoms with Crippen LogP contribution in [0.1, 0.15) is 25.3 Å². The van der Waals surface area contributed by atoms with E-state index in [0.717, 1.165) is 18.7 Å². The van der Waals surface area contributed by atoms with Crippen molar-refractivity contribution in [3.63, 3.8) is 0 Å². The summed E-state index contributed by atoms with van der Waals surface area (Å²) in [5.41, 5.74) is 1.03. The molecule has 124 valence electrons. The predicted octanol–water partition coefficient (Wildman–Crippen LogP) is 3.18. The average molecular weight is 327 g/mol. The van der Waals surface area contributed by atoms with Crippen molar-refractivity contribution < 1.29 is 9.47 Å². The molecule has 5 heteroatoms. The Morgan fingerprint density at radius 2 is 1.95 bits per heavy atom. The van der Waals surface area contributed by atoms with Crippen LogP contribution >= 0.6 is 11.6 Å². The molecule has 0 spiro atoms. The zero-order valence-electron chi connectivity index (χ0n) is 13.8. The lowest BCUT2D eigenvalue weighted by atomic mass is 10.1. The Balaban J connectivity index is 1.83. The van der Waals surface area contributed by atoms with E-state index >= 15 is 0 Å². The first-order valence-electron chi connectivity index (χ1n) is 7.98. The van der Waals surface area contributed by atoms with Crippen LogP contribution in [0.2, 0.25) is 5.02 Å². The highest BCUT2D eigenvalue weighted by atomic mass is 35.5. The highest BCUT2D eigenvalue weighted by Gasteiger charge is 2.15. The van der Waals surface area contributed by atoms with Crippen LogP contribution in [-0.4, -0.2) is 45.3 Å². The first-order chi connectivity index (χ1) is 10.7. The van der Waals surface area contributed by atoms with Gasteiger partial charge in [0.25, 0.3) is 0 Å². The molecule has 0 radical (unpaired) electrons. The third-order valence-corrected chi connectivity index (χ3v) is 4.56. The number of nitrogens with zero attached hydrogens (tertiary/aromatic N) is 1. The van der Waals surface area contributed by atoms with Gasteiger partial charge in [-0.05, 0) is 50.0 Å². The Kier molecular flexibility index (Phi) is 6.80. The number of ether oxygens (including phenoxy) is 2. The molecule has 0 saturated carbocycles. The van der Waals surface area contributed by atoms with Crippen molar-refractivity contribution in [3.05, 3.63) is 22.7 Å². The van der Waals surface area contributed by atoms with Gasteiger partial charge in [-0.15, -0.1) is 0 Å². The number of benzene rings is 1. The SMILES string of the molecule is COc1ccc(CNCC(C)CN2CCCC2)c(Cl)c1OC. The van der Waals surface area contributed by atoms with Gasteiger partial charge < -0.3 is 19.7 Å². The molecule has 1 N–H and O–H groups in total. The predicted molar refractivity (Wildman–Crippen MR) is 91.1 cm³/mol. The molecule has 1 unspecified atom stereocenters. The number of hydrogen-bond donors (Lipinski definition) is 1. The fourth-order valence-electron chi connectivity index (χ4n) is 2.99. The fraction of sp³-hybridized carbons (Fsp3) is 0.647. The van der Waals surface area contributed by atoms with E-state index in [0.29, 0.717) is 22.4 Å². The normalized spacial score (nSPS) is 16.7. The number of likely N-dealkylation sites (tertiary alicyclic amines) is 1. The summed E-state index contributed by atoms with van der Waals surface area (Å²) in [5.74, 6) is 1.91. The standard InChI is InChI=1S/C17H27ClN2O2/c1-13(12-20-8-4-5-9-20)10-19-11-14-6-7-15(21-2)17(22-3)16(14)18/h6-7,13,19H,4-5,8-12H2,1-3H3. The Bertz CT molecular complexity index is 476. The maximum Gasteiger partial charge on any atom is 0.179 e. The third kappa shape index (κ3) is 4.51. The van der Waals surface area contributed by atoms with Crippen LogP contribution in [0.5, 0.6) is 11.5 Å². The van der Waals surface area contributed by atoms with Crippen molar-refractivity contribution in [1.82, 2.24) is 10.2 Å². The van der Waals surface area contributed by atoms with Gasteiger partial charge in [0.05, 0.1) is 19.2 Å². The van der Waals surface area contributed by atoms with Gasteiger partial charge in [0.2, 0.25) is 0 Å². The molecule has 1 atom stereocenters. The summed E-state index contributed by atoms with van der Waals surface area (Å²) in [7, 11) is 3.23. The summed E-state index contributed by atoms with van der Waals surface area (Å²) in [4.78, 5) is 2.55. The first kappa shape index (κ1) is 17.4. The zero-order chi connectivity index (χ0) is 15.9. The van der Waals surface area contributed by atoms with Gasteiger partial charge in [-0.1, -0.05) is 24.6 Å². The highest BCUT2D eigenvalue weighted by Crippen LogP contribution is 2.37. The summed E-state index contributed by atoms with van der Waals surface area (Å²) in [6.45, 7) is 7.70. The molecule has 0 aromatic heterocycles. The van der Waals surface area contributed by atoms with Crippen LogP contribution in [0.15, 0.2) is 12.1 Å². The van der Waals surface area contributed by atoms with Crippen LogP contribution in [0.25, 0.3) is 0 Å². The second-order valence-corrected chi connectivity index (χ2v) is 6.40. The van der Waals surface area contributed by atoms with E-state index < -0.39 is 0 Å². The van der Waals surface area contributed by atoms with Crippen LogP contribution in [0.3, 0.4) is 0 Å². The molecule has 1 aromatic carbocycles. The van der Waals surface area contributed by atoms with Gasteiger partial charge in [0.15, 0.2) is 11.5 Å². The molecule has 1 heterocycles. The molecule has 0 bridgehead atoms. The molecule has 1 fully saturated rings. The summed E-state index contributed by atoms with van der Waals surface area (Å²) in [6, 6.07) is 3.89. The summed E-state index contributed by atoms with van der Waals surface area (Å²) >= 11 is 6.39. The Labute approximate surface area is 138 Å². The molecule has 1 saturated heterocycles. The number of halogens is 1. The van der Waals surface area contributed by atoms with Crippen molar-refractivity contribution >= 4 is 11.6 Å². The van der Waals surface area contributed by atoms with Crippen LogP contribution < -0.4 is 14.8 Å². The molecule has 1 aromatic rings. The maximum atomic E-state index is 6.39. The summed E-state index contributed by atoms with van der Waals surface area (Å²) in [6.07, 6.45) is 2.70. The lowest BCUT2D eigenvalue weighted by Gasteiger charge is -2.20. The van der Waals surface area contributed by atoms with Crippen LogP contribution in [-0.2, 0) is 6.54 Å². The van der Waals surface area contributed by atoms with Crippen molar-refractivity contribution in [3.8, 4) is 11.5 Å². The molecular formula is C17H27ClN2O2. The minimum absolute atomic E-state index is 0.605. The monoisotopic (exact) mass is 326 g/mol. The van der Waals surface area contributed by atoms with Gasteiger partial charge in [-0.25, -0.2) is 0 Å². The van der Waals surface area contributed by atoms with Crippen molar-refractivity contribution in [2.24, 2.45) is 5.92 Å². The number of hydrogen-bond acceptors (Lipinski definition) is 4. The van der Waals surface area contributed by atoms with E-state index in [1.54, 1.807) is 14.2 Å². The van der Waals surface area contributed by atoms with Crippen molar-refractivity contribution in [2.75, 3.05) is 40.4 Å². The minimum atomic E-state index is 0.605. The van der Waals surface area contributed by atoms with E-state index in [-0.39, 0.29) is 0 Å². The topological polar surface area (TPSA) is 33.7 Å². The average Bonchev–Trinajstić information content (AvgIpc) is 3.01. The molecule has 0 aliphatic carbocycles. The largest absolute Gasteiger partial charge is 0.493 e. The molecule has 0 amide bonds. The maximum absolute atomic E-state index is 6.39. The summed E-state index contributed by atoms with van der Waals surface area (Å²) < 4.78 is 10.6. The molecule has 4 nitrogen and oxygen atoms in total. The smallest absolute Gasteiger partial charge is 0.179 e. The van der Waals surface area contributed by atoms with Gasteiger partial charge in [0.1, 0.15) is 0 Å². The fourth-order valence-corrected chi connectivity index (χ4v) is 3.29. The highest BCUT2D eigenvalue weighted by molar-refractivity contribution is 6.33.